The predicted octanol–water partition coefficient (Wildman–Crippen LogP) is -0.242. The third kappa shape index (κ3) is 4.07. The maximum atomic E-state index is 11.8. The number of nitrogens with one attached hydrogen (secondary N) is 2. The molecule has 2 heterocycles. The van der Waals surface area contributed by atoms with Gasteiger partial charge in [-0.25, -0.2) is 4.79 Å². The molecule has 7 heteroatoms. The first kappa shape index (κ1) is 14.5. The predicted molar refractivity (Wildman–Crippen MR) is 71.5 cm³/mol. The quantitative estimate of drug-likeness (QED) is 0.666. The summed E-state index contributed by atoms with van der Waals surface area (Å²) in [5.74, 6) is -1.40. The molecule has 1 fully saturated rings. The zero-order valence-electron chi connectivity index (χ0n) is 11.2. The molecule has 7 nitrogen and oxygen atoms in total. The van der Waals surface area contributed by atoms with Crippen LogP contribution in [0.3, 0.4) is 0 Å². The molecule has 0 spiro atoms. The van der Waals surface area contributed by atoms with E-state index >= 15 is 0 Å². The molecule has 2 rings (SSSR count). The van der Waals surface area contributed by atoms with Gasteiger partial charge in [0.05, 0.1) is 6.26 Å². The van der Waals surface area contributed by atoms with Crippen LogP contribution in [0.15, 0.2) is 22.8 Å². The molecular formula is C13H19N3O4. The Hall–Kier alpha value is -1.86. The summed E-state index contributed by atoms with van der Waals surface area (Å²) in [6, 6.07) is 2.19. The maximum absolute atomic E-state index is 11.8. The number of piperazine rings is 1. The minimum atomic E-state index is -1.03. The molecule has 0 radical (unpaired) electrons. The lowest BCUT2D eigenvalue weighted by Crippen LogP contribution is -2.47. The van der Waals surface area contributed by atoms with Gasteiger partial charge in [-0.15, -0.1) is 0 Å². The Morgan fingerprint density at radius 1 is 1.45 bits per heavy atom. The number of aliphatic carboxylic acids is 1. The lowest BCUT2D eigenvalue weighted by molar-refractivity contribution is -0.139. The van der Waals surface area contributed by atoms with Crippen molar-refractivity contribution in [2.24, 2.45) is 0 Å². The van der Waals surface area contributed by atoms with Gasteiger partial charge in [0.1, 0.15) is 6.04 Å². The van der Waals surface area contributed by atoms with E-state index in [1.165, 1.54) is 12.3 Å². The van der Waals surface area contributed by atoms with Crippen LogP contribution in [-0.4, -0.2) is 60.6 Å². The molecule has 0 aromatic carbocycles. The van der Waals surface area contributed by atoms with E-state index in [0.717, 1.165) is 26.2 Å². The van der Waals surface area contributed by atoms with Crippen LogP contribution in [0.4, 0.5) is 0 Å². The highest BCUT2D eigenvalue weighted by atomic mass is 16.4. The smallest absolute Gasteiger partial charge is 0.326 e. The van der Waals surface area contributed by atoms with Crippen LogP contribution >= 0.6 is 0 Å². The standard InChI is InChI=1S/C13H19N3O4/c17-12(11-2-1-9-20-11)15-10(13(18)19)3-6-16-7-4-14-5-8-16/h1-2,9-10,14H,3-8H2,(H,15,17)(H,18,19). The first-order valence-electron chi connectivity index (χ1n) is 6.67. The topological polar surface area (TPSA) is 94.8 Å². The Bertz CT molecular complexity index is 440. The van der Waals surface area contributed by atoms with Gasteiger partial charge in [0.2, 0.25) is 0 Å². The van der Waals surface area contributed by atoms with E-state index in [-0.39, 0.29) is 5.76 Å². The Kier molecular flexibility index (Phi) is 5.14. The molecule has 1 unspecified atom stereocenters. The summed E-state index contributed by atoms with van der Waals surface area (Å²) >= 11 is 0. The lowest BCUT2D eigenvalue weighted by Gasteiger charge is -2.28. The zero-order chi connectivity index (χ0) is 14.4. The fraction of sp³-hybridized carbons (Fsp3) is 0.538. The average Bonchev–Trinajstić information content (AvgIpc) is 2.98. The van der Waals surface area contributed by atoms with Crippen molar-refractivity contribution in [3.05, 3.63) is 24.2 Å². The molecule has 0 aliphatic carbocycles. The van der Waals surface area contributed by atoms with Gasteiger partial charge in [0, 0.05) is 32.7 Å². The van der Waals surface area contributed by atoms with Gasteiger partial charge in [0.25, 0.3) is 5.91 Å². The summed E-state index contributed by atoms with van der Waals surface area (Å²) in [7, 11) is 0. The van der Waals surface area contributed by atoms with Crippen molar-refractivity contribution in [2.45, 2.75) is 12.5 Å². The summed E-state index contributed by atoms with van der Waals surface area (Å²) < 4.78 is 4.95. The fourth-order valence-electron chi connectivity index (χ4n) is 2.14. The molecule has 1 aliphatic heterocycles. The number of amides is 1. The van der Waals surface area contributed by atoms with E-state index < -0.39 is 17.9 Å². The summed E-state index contributed by atoms with van der Waals surface area (Å²) in [5.41, 5.74) is 0. The first-order valence-corrected chi connectivity index (χ1v) is 6.67. The molecule has 1 aromatic heterocycles. The number of nitrogens with zero attached hydrogens (tertiary/aromatic N) is 1. The molecular weight excluding hydrogens is 262 g/mol. The second-order valence-electron chi connectivity index (χ2n) is 4.72. The third-order valence-electron chi connectivity index (χ3n) is 3.29. The van der Waals surface area contributed by atoms with Crippen molar-refractivity contribution < 1.29 is 19.1 Å². The second-order valence-corrected chi connectivity index (χ2v) is 4.72. The van der Waals surface area contributed by atoms with Crippen molar-refractivity contribution in [2.75, 3.05) is 32.7 Å². The highest BCUT2D eigenvalue weighted by molar-refractivity contribution is 5.94. The Morgan fingerprint density at radius 2 is 2.20 bits per heavy atom. The van der Waals surface area contributed by atoms with Crippen molar-refractivity contribution >= 4 is 11.9 Å². The number of furan rings is 1. The van der Waals surface area contributed by atoms with E-state index in [1.54, 1.807) is 6.07 Å². The average molecular weight is 281 g/mol. The molecule has 1 amide bonds. The first-order chi connectivity index (χ1) is 9.66. The minimum Gasteiger partial charge on any atom is -0.480 e. The number of hydrogen-bond acceptors (Lipinski definition) is 5. The van der Waals surface area contributed by atoms with E-state index in [1.807, 2.05) is 0 Å². The van der Waals surface area contributed by atoms with E-state index in [4.69, 9.17) is 4.42 Å². The van der Waals surface area contributed by atoms with Gasteiger partial charge in [-0.1, -0.05) is 0 Å². The van der Waals surface area contributed by atoms with Gasteiger partial charge in [-0.2, -0.15) is 0 Å². The summed E-state index contributed by atoms with van der Waals surface area (Å²) in [6.45, 7) is 4.28. The molecule has 0 saturated carbocycles. The molecule has 1 atom stereocenters. The summed E-state index contributed by atoms with van der Waals surface area (Å²) in [4.78, 5) is 25.2. The number of carbonyl (C=O) groups excluding carboxylic acids is 1. The lowest BCUT2D eigenvalue weighted by atomic mass is 10.2. The molecule has 110 valence electrons. The monoisotopic (exact) mass is 281 g/mol. The second kappa shape index (κ2) is 7.06. The molecule has 1 aromatic rings. The van der Waals surface area contributed by atoms with Gasteiger partial charge in [-0.3, -0.25) is 4.79 Å². The molecule has 20 heavy (non-hydrogen) atoms. The largest absolute Gasteiger partial charge is 0.480 e. The van der Waals surface area contributed by atoms with E-state index in [0.29, 0.717) is 13.0 Å². The van der Waals surface area contributed by atoms with Crippen molar-refractivity contribution in [1.29, 1.82) is 0 Å². The fourth-order valence-corrected chi connectivity index (χ4v) is 2.14. The highest BCUT2D eigenvalue weighted by Gasteiger charge is 2.23. The van der Waals surface area contributed by atoms with Gasteiger partial charge in [-0.05, 0) is 18.6 Å². The van der Waals surface area contributed by atoms with Gasteiger partial charge < -0.3 is 25.1 Å². The van der Waals surface area contributed by atoms with Crippen LogP contribution in [0.25, 0.3) is 0 Å². The number of rotatable bonds is 6. The summed E-state index contributed by atoms with van der Waals surface area (Å²) in [6.07, 6.45) is 1.76. The van der Waals surface area contributed by atoms with E-state index in [2.05, 4.69) is 15.5 Å². The van der Waals surface area contributed by atoms with Crippen LogP contribution in [0, 0.1) is 0 Å². The van der Waals surface area contributed by atoms with Gasteiger partial charge in [0.15, 0.2) is 5.76 Å². The van der Waals surface area contributed by atoms with Crippen LogP contribution in [0.2, 0.25) is 0 Å². The van der Waals surface area contributed by atoms with Crippen molar-refractivity contribution in [1.82, 2.24) is 15.5 Å². The number of hydrogen-bond donors (Lipinski definition) is 3. The minimum absolute atomic E-state index is 0.124. The zero-order valence-corrected chi connectivity index (χ0v) is 11.2. The Labute approximate surface area is 116 Å². The maximum Gasteiger partial charge on any atom is 0.326 e. The van der Waals surface area contributed by atoms with Crippen molar-refractivity contribution in [3.8, 4) is 0 Å². The Balaban J connectivity index is 1.83. The Morgan fingerprint density at radius 3 is 2.80 bits per heavy atom. The van der Waals surface area contributed by atoms with Crippen molar-refractivity contribution in [3.63, 3.8) is 0 Å². The van der Waals surface area contributed by atoms with Crippen LogP contribution < -0.4 is 10.6 Å². The SMILES string of the molecule is O=C(NC(CCN1CCNCC1)C(=O)O)c1ccco1. The normalized spacial score (nSPS) is 17.6. The van der Waals surface area contributed by atoms with Gasteiger partial charge >= 0.3 is 5.97 Å². The number of carboxylic acid groups (broad SMARTS) is 1. The van der Waals surface area contributed by atoms with E-state index in [9.17, 15) is 14.7 Å². The molecule has 1 saturated heterocycles. The molecule has 1 aliphatic rings. The molecule has 3 N–H and O–H groups in total. The van der Waals surface area contributed by atoms with Crippen LogP contribution in [0.5, 0.6) is 0 Å². The van der Waals surface area contributed by atoms with Crippen LogP contribution in [-0.2, 0) is 4.79 Å². The third-order valence-corrected chi connectivity index (χ3v) is 3.29. The summed E-state index contributed by atoms with van der Waals surface area (Å²) in [5, 5.41) is 14.9. The number of carbonyl (C=O) groups is 2. The highest BCUT2D eigenvalue weighted by Crippen LogP contribution is 2.03. The van der Waals surface area contributed by atoms with Crippen LogP contribution in [0.1, 0.15) is 17.0 Å². The molecule has 0 bridgehead atoms. The number of carboxylic acids is 1.